The molecule has 4 heterocycles. The molecule has 0 amide bonds. The predicted octanol–water partition coefficient (Wildman–Crippen LogP) is 3.47. The summed E-state index contributed by atoms with van der Waals surface area (Å²) < 4.78 is 12.0. The van der Waals surface area contributed by atoms with Crippen molar-refractivity contribution < 1.29 is 9.53 Å². The van der Waals surface area contributed by atoms with Crippen LogP contribution < -0.4 is 5.69 Å². The van der Waals surface area contributed by atoms with E-state index in [4.69, 9.17) is 9.72 Å². The summed E-state index contributed by atoms with van der Waals surface area (Å²) in [5, 5.41) is 0. The second-order valence-electron chi connectivity index (χ2n) is 8.86. The van der Waals surface area contributed by atoms with E-state index in [1.807, 2.05) is 54.1 Å². The van der Waals surface area contributed by atoms with Crippen LogP contribution in [0.2, 0.25) is 0 Å². The number of carbonyl (C=O) groups is 1. The van der Waals surface area contributed by atoms with Crippen LogP contribution in [-0.4, -0.2) is 46.3 Å². The number of nitrogens with zero attached hydrogens (tertiary/aromatic N) is 7. The number of esters is 1. The first kappa shape index (κ1) is 22.5. The molecule has 10 nitrogen and oxygen atoms in total. The minimum atomic E-state index is -0.477. The molecule has 6 rings (SSSR count). The number of aromatic nitrogens is 7. The van der Waals surface area contributed by atoms with Gasteiger partial charge in [0, 0.05) is 38.6 Å². The number of rotatable bonds is 4. The lowest BCUT2D eigenvalue weighted by Gasteiger charge is -2.11. The highest BCUT2D eigenvalue weighted by Crippen LogP contribution is 2.32. The van der Waals surface area contributed by atoms with Crippen LogP contribution in [0.1, 0.15) is 10.5 Å². The third-order valence-corrected chi connectivity index (χ3v) is 6.71. The molecule has 0 saturated heterocycles. The molecule has 0 bridgehead atoms. The predicted molar refractivity (Wildman–Crippen MR) is 140 cm³/mol. The van der Waals surface area contributed by atoms with Crippen molar-refractivity contribution in [3.63, 3.8) is 0 Å². The van der Waals surface area contributed by atoms with Crippen molar-refractivity contribution in [3.8, 4) is 28.3 Å². The van der Waals surface area contributed by atoms with Gasteiger partial charge in [-0.15, -0.1) is 0 Å². The number of aryl methyl sites for hydroxylation is 3. The highest BCUT2D eigenvalue weighted by atomic mass is 16.5. The molecule has 0 aliphatic carbocycles. The lowest BCUT2D eigenvalue weighted by atomic mass is 10.1. The lowest BCUT2D eigenvalue weighted by Crippen LogP contribution is -2.19. The first-order valence-corrected chi connectivity index (χ1v) is 11.6. The van der Waals surface area contributed by atoms with Gasteiger partial charge in [0.15, 0.2) is 5.82 Å². The van der Waals surface area contributed by atoms with Gasteiger partial charge < -0.3 is 9.30 Å². The van der Waals surface area contributed by atoms with Crippen molar-refractivity contribution in [2.24, 2.45) is 21.1 Å². The first-order valence-electron chi connectivity index (χ1n) is 11.6. The molecule has 37 heavy (non-hydrogen) atoms. The zero-order chi connectivity index (χ0) is 25.8. The number of fused-ring (bicyclic) bond motifs is 2. The average molecular weight is 494 g/mol. The van der Waals surface area contributed by atoms with Crippen molar-refractivity contribution in [2.45, 2.75) is 0 Å². The fourth-order valence-electron chi connectivity index (χ4n) is 4.69. The Morgan fingerprint density at radius 2 is 1.62 bits per heavy atom. The number of pyridine rings is 1. The molecular weight excluding hydrogens is 470 g/mol. The molecule has 184 valence electrons. The molecule has 0 aliphatic heterocycles. The van der Waals surface area contributed by atoms with Gasteiger partial charge in [0.25, 0.3) is 0 Å². The number of hydrogen-bond donors (Lipinski definition) is 0. The Morgan fingerprint density at radius 1 is 0.865 bits per heavy atom. The van der Waals surface area contributed by atoms with Crippen molar-refractivity contribution in [2.75, 3.05) is 7.11 Å². The maximum Gasteiger partial charge on any atom is 0.356 e. The Hall–Kier alpha value is -4.99. The molecule has 0 saturated carbocycles. The fraction of sp³-hybridized carbons (Fsp3) is 0.148. The number of imidazole rings is 3. The van der Waals surface area contributed by atoms with Gasteiger partial charge in [-0.2, -0.15) is 0 Å². The molecule has 6 aromatic rings. The van der Waals surface area contributed by atoms with Gasteiger partial charge in [-0.05, 0) is 42.0 Å². The summed E-state index contributed by atoms with van der Waals surface area (Å²) in [5.74, 6) is 0.251. The van der Waals surface area contributed by atoms with Crippen molar-refractivity contribution in [3.05, 3.63) is 83.4 Å². The molecule has 2 aromatic carbocycles. The first-order chi connectivity index (χ1) is 17.9. The molecule has 0 fully saturated rings. The summed E-state index contributed by atoms with van der Waals surface area (Å²) in [5.41, 5.74) is 7.04. The summed E-state index contributed by atoms with van der Waals surface area (Å²) in [4.78, 5) is 37.8. The number of carbonyl (C=O) groups excluding carboxylic acids is 1. The number of hydrogen-bond acceptors (Lipinski definition) is 6. The van der Waals surface area contributed by atoms with Gasteiger partial charge in [-0.25, -0.2) is 24.5 Å². The summed E-state index contributed by atoms with van der Waals surface area (Å²) in [7, 11) is 6.80. The Balaban J connectivity index is 1.55. The van der Waals surface area contributed by atoms with E-state index in [9.17, 15) is 9.59 Å². The smallest absolute Gasteiger partial charge is 0.356 e. The van der Waals surface area contributed by atoms with Crippen LogP contribution in [0.5, 0.6) is 0 Å². The molecule has 0 radical (unpaired) electrons. The van der Waals surface area contributed by atoms with Gasteiger partial charge in [0.05, 0.1) is 41.7 Å². The summed E-state index contributed by atoms with van der Waals surface area (Å²) >= 11 is 0. The molecular formula is C27H23N7O3. The van der Waals surface area contributed by atoms with Crippen LogP contribution in [0.3, 0.4) is 0 Å². The van der Waals surface area contributed by atoms with Crippen molar-refractivity contribution in [1.82, 2.24) is 33.2 Å². The van der Waals surface area contributed by atoms with Gasteiger partial charge in [0.2, 0.25) is 0 Å². The Morgan fingerprint density at radius 3 is 2.32 bits per heavy atom. The van der Waals surface area contributed by atoms with Crippen LogP contribution in [-0.2, 0) is 25.9 Å². The van der Waals surface area contributed by atoms with E-state index in [-0.39, 0.29) is 11.4 Å². The van der Waals surface area contributed by atoms with Crippen LogP contribution in [0.4, 0.5) is 0 Å². The molecule has 0 atom stereocenters. The Kier molecular flexibility index (Phi) is 5.04. The summed E-state index contributed by atoms with van der Waals surface area (Å²) in [6.45, 7) is 0. The molecule has 4 aromatic heterocycles. The van der Waals surface area contributed by atoms with E-state index in [1.165, 1.54) is 7.11 Å². The second kappa shape index (κ2) is 8.30. The maximum atomic E-state index is 12.5. The van der Waals surface area contributed by atoms with E-state index in [1.54, 1.807) is 48.0 Å². The van der Waals surface area contributed by atoms with E-state index < -0.39 is 5.97 Å². The summed E-state index contributed by atoms with van der Waals surface area (Å²) in [6, 6.07) is 15.4. The van der Waals surface area contributed by atoms with E-state index in [0.29, 0.717) is 0 Å². The molecule has 0 unspecified atom stereocenters. The highest BCUT2D eigenvalue weighted by Gasteiger charge is 2.19. The third kappa shape index (κ3) is 3.45. The maximum absolute atomic E-state index is 12.5. The van der Waals surface area contributed by atoms with Crippen LogP contribution >= 0.6 is 0 Å². The van der Waals surface area contributed by atoms with E-state index in [2.05, 4.69) is 14.5 Å². The molecule has 0 spiro atoms. The number of methoxy groups -OCH3 is 1. The monoisotopic (exact) mass is 493 g/mol. The van der Waals surface area contributed by atoms with Crippen molar-refractivity contribution in [1.29, 1.82) is 0 Å². The summed E-state index contributed by atoms with van der Waals surface area (Å²) in [6.07, 6.45) is 5.17. The Bertz CT molecular complexity index is 1890. The minimum Gasteiger partial charge on any atom is -0.464 e. The third-order valence-electron chi connectivity index (χ3n) is 6.71. The Labute approximate surface area is 211 Å². The largest absolute Gasteiger partial charge is 0.464 e. The van der Waals surface area contributed by atoms with Crippen molar-refractivity contribution >= 4 is 28.0 Å². The van der Waals surface area contributed by atoms with Gasteiger partial charge >= 0.3 is 11.7 Å². The molecule has 0 aliphatic rings. The normalized spacial score (nSPS) is 11.5. The zero-order valence-electron chi connectivity index (χ0n) is 20.7. The van der Waals surface area contributed by atoms with E-state index in [0.717, 1.165) is 50.4 Å². The number of ether oxygens (including phenoxy) is 1. The van der Waals surface area contributed by atoms with Crippen LogP contribution in [0, 0.1) is 0 Å². The van der Waals surface area contributed by atoms with E-state index >= 15 is 0 Å². The van der Waals surface area contributed by atoms with Gasteiger partial charge in [-0.3, -0.25) is 13.7 Å². The number of benzene rings is 2. The fourth-order valence-corrected chi connectivity index (χ4v) is 4.69. The molecule has 10 heteroatoms. The molecule has 0 N–H and O–H groups in total. The SMILES string of the molecule is COC(=O)c1ccc(-c2ccc3c(c2)nc(-c2cncn2C)n3-c2ccc3c(c2)n(C)c(=O)n3C)cn1. The standard InChI is InChI=1S/C27H23N7O3/c1-31-15-28-14-24(31)25-30-20-11-16(17-5-8-19(29-13-17)26(35)37-4)6-9-21(20)34(25)18-7-10-22-23(12-18)33(3)27(36)32(22)2/h5-15H,1-4H3. The average Bonchev–Trinajstić information content (AvgIpc) is 3.58. The topological polar surface area (TPSA) is 102 Å². The quantitative estimate of drug-likeness (QED) is 0.349. The highest BCUT2D eigenvalue weighted by molar-refractivity contribution is 5.90. The zero-order valence-corrected chi connectivity index (χ0v) is 20.7. The lowest BCUT2D eigenvalue weighted by molar-refractivity contribution is 0.0594. The van der Waals surface area contributed by atoms with Crippen LogP contribution in [0.15, 0.2) is 72.0 Å². The second-order valence-corrected chi connectivity index (χ2v) is 8.86. The minimum absolute atomic E-state index is 0.0778. The van der Waals surface area contributed by atoms with Gasteiger partial charge in [-0.1, -0.05) is 12.1 Å². The van der Waals surface area contributed by atoms with Crippen LogP contribution in [0.25, 0.3) is 50.4 Å². The van der Waals surface area contributed by atoms with Gasteiger partial charge in [0.1, 0.15) is 11.4 Å².